The molecule has 3 rings (SSSR count). The maximum atomic E-state index is 12.8. The monoisotopic (exact) mass is 371 g/mol. The van der Waals surface area contributed by atoms with Crippen LogP contribution in [0.25, 0.3) is 10.9 Å². The second kappa shape index (κ2) is 7.29. The van der Waals surface area contributed by atoms with Crippen LogP contribution in [0.2, 0.25) is 0 Å². The normalized spacial score (nSPS) is 12.7. The molecule has 7 heteroatoms. The molecule has 6 nitrogen and oxygen atoms in total. The van der Waals surface area contributed by atoms with Crippen LogP contribution >= 0.6 is 11.3 Å². The maximum absolute atomic E-state index is 12.8. The number of Topliss-reactive ketones (excluding diaryl/α,β-unsaturated/α-hetero) is 1. The number of ether oxygens (including phenoxy) is 1. The Hall–Kier alpha value is -2.67. The molecular weight excluding hydrogens is 350 g/mol. The third-order valence-electron chi connectivity index (χ3n) is 3.75. The molecule has 0 aliphatic carbocycles. The fraction of sp³-hybridized carbons (Fsp3) is 0.316. The van der Waals surface area contributed by atoms with Gasteiger partial charge in [0.1, 0.15) is 11.6 Å². The summed E-state index contributed by atoms with van der Waals surface area (Å²) in [7, 11) is 0. The Kier molecular flexibility index (Phi) is 5.08. The van der Waals surface area contributed by atoms with Crippen LogP contribution in [0, 0.1) is 0 Å². The fourth-order valence-corrected chi connectivity index (χ4v) is 3.30. The van der Waals surface area contributed by atoms with Crippen molar-refractivity contribution in [1.82, 2.24) is 15.3 Å². The quantitative estimate of drug-likeness (QED) is 0.665. The van der Waals surface area contributed by atoms with E-state index in [1.807, 2.05) is 30.5 Å². The smallest absolute Gasteiger partial charge is 0.408 e. The summed E-state index contributed by atoms with van der Waals surface area (Å²) in [5.74, 6) is -0.226. The van der Waals surface area contributed by atoms with Crippen LogP contribution in [0.1, 0.15) is 36.1 Å². The molecule has 0 saturated carbocycles. The highest BCUT2D eigenvalue weighted by atomic mass is 32.1. The maximum Gasteiger partial charge on any atom is 0.408 e. The molecule has 0 saturated heterocycles. The third kappa shape index (κ3) is 4.29. The van der Waals surface area contributed by atoms with Crippen LogP contribution in [0.4, 0.5) is 4.79 Å². The van der Waals surface area contributed by atoms with Gasteiger partial charge in [-0.15, -0.1) is 11.3 Å². The molecule has 2 aromatic heterocycles. The minimum Gasteiger partial charge on any atom is -0.444 e. The van der Waals surface area contributed by atoms with Crippen molar-refractivity contribution in [3.63, 3.8) is 0 Å². The number of fused-ring (bicyclic) bond motifs is 1. The summed E-state index contributed by atoms with van der Waals surface area (Å²) in [5.41, 5.74) is 1.30. The van der Waals surface area contributed by atoms with E-state index in [1.54, 1.807) is 32.3 Å². The van der Waals surface area contributed by atoms with E-state index < -0.39 is 17.7 Å². The number of hydrogen-bond acceptors (Lipinski definition) is 5. The first-order valence-corrected chi connectivity index (χ1v) is 9.19. The van der Waals surface area contributed by atoms with Gasteiger partial charge in [0.05, 0.1) is 0 Å². The number of amides is 1. The second-order valence-corrected chi connectivity index (χ2v) is 7.86. The van der Waals surface area contributed by atoms with E-state index in [0.717, 1.165) is 16.5 Å². The van der Waals surface area contributed by atoms with Crippen LogP contribution in [0.3, 0.4) is 0 Å². The van der Waals surface area contributed by atoms with Gasteiger partial charge in [-0.25, -0.2) is 9.78 Å². The topological polar surface area (TPSA) is 84.1 Å². The molecule has 1 atom stereocenters. The van der Waals surface area contributed by atoms with Gasteiger partial charge in [0, 0.05) is 35.1 Å². The van der Waals surface area contributed by atoms with Crippen LogP contribution in [-0.4, -0.2) is 33.5 Å². The van der Waals surface area contributed by atoms with E-state index in [4.69, 9.17) is 4.74 Å². The lowest BCUT2D eigenvalue weighted by molar-refractivity contribution is 0.0491. The highest BCUT2D eigenvalue weighted by molar-refractivity contribution is 7.11. The SMILES string of the molecule is CC(C)(C)OC(=O)N[C@@H](Cc1c[nH]c2ccccc12)C(=O)c1nccs1. The van der Waals surface area contributed by atoms with Gasteiger partial charge in [-0.1, -0.05) is 18.2 Å². The summed E-state index contributed by atoms with van der Waals surface area (Å²) in [5, 5.41) is 5.84. The lowest BCUT2D eigenvalue weighted by Gasteiger charge is -2.22. The summed E-state index contributed by atoms with van der Waals surface area (Å²) in [6, 6.07) is 7.09. The van der Waals surface area contributed by atoms with Gasteiger partial charge in [-0.2, -0.15) is 0 Å². The first-order chi connectivity index (χ1) is 12.3. The fourth-order valence-electron chi connectivity index (χ4n) is 2.67. The van der Waals surface area contributed by atoms with E-state index in [0.29, 0.717) is 11.4 Å². The number of nitrogens with zero attached hydrogens (tertiary/aromatic N) is 1. The van der Waals surface area contributed by atoms with E-state index in [2.05, 4.69) is 15.3 Å². The van der Waals surface area contributed by atoms with Gasteiger partial charge in [0.25, 0.3) is 0 Å². The van der Waals surface area contributed by atoms with E-state index >= 15 is 0 Å². The number of alkyl carbamates (subject to hydrolysis) is 1. The van der Waals surface area contributed by atoms with Crippen molar-refractivity contribution in [3.8, 4) is 0 Å². The van der Waals surface area contributed by atoms with Gasteiger partial charge >= 0.3 is 6.09 Å². The van der Waals surface area contributed by atoms with E-state index in [9.17, 15) is 9.59 Å². The Morgan fingerprint density at radius 3 is 2.77 bits per heavy atom. The highest BCUT2D eigenvalue weighted by Crippen LogP contribution is 2.21. The van der Waals surface area contributed by atoms with Crippen LogP contribution in [0.5, 0.6) is 0 Å². The summed E-state index contributed by atoms with van der Waals surface area (Å²) in [4.78, 5) is 32.3. The van der Waals surface area contributed by atoms with Crippen molar-refractivity contribution in [1.29, 1.82) is 0 Å². The van der Waals surface area contributed by atoms with E-state index in [1.165, 1.54) is 11.3 Å². The molecule has 1 aromatic carbocycles. The number of thiazole rings is 1. The molecule has 2 N–H and O–H groups in total. The molecule has 0 aliphatic rings. The largest absolute Gasteiger partial charge is 0.444 e. The average molecular weight is 371 g/mol. The van der Waals surface area contributed by atoms with Gasteiger partial charge in [-0.3, -0.25) is 4.79 Å². The molecule has 26 heavy (non-hydrogen) atoms. The predicted molar refractivity (Wildman–Crippen MR) is 102 cm³/mol. The van der Waals surface area contributed by atoms with Crippen LogP contribution in [0.15, 0.2) is 42.0 Å². The van der Waals surface area contributed by atoms with Gasteiger partial charge in [0.15, 0.2) is 5.01 Å². The standard InChI is InChI=1S/C19H21N3O3S/c1-19(2,3)25-18(24)22-15(16(23)17-20-8-9-26-17)10-12-11-21-14-7-5-4-6-13(12)14/h4-9,11,15,21H,10H2,1-3H3,(H,22,24)/t15-/m0/s1. The zero-order chi connectivity index (χ0) is 18.7. The Balaban J connectivity index is 1.85. The summed E-state index contributed by atoms with van der Waals surface area (Å²) < 4.78 is 5.32. The van der Waals surface area contributed by atoms with Crippen molar-refractivity contribution < 1.29 is 14.3 Å². The number of H-pyrrole nitrogens is 1. The van der Waals surface area contributed by atoms with Crippen molar-refractivity contribution >= 4 is 34.1 Å². The Labute approximate surface area is 155 Å². The summed E-state index contributed by atoms with van der Waals surface area (Å²) in [6.45, 7) is 5.34. The summed E-state index contributed by atoms with van der Waals surface area (Å²) in [6.07, 6.45) is 3.17. The minimum absolute atomic E-state index is 0.226. The van der Waals surface area contributed by atoms with Crippen molar-refractivity contribution in [2.45, 2.75) is 38.8 Å². The molecule has 0 spiro atoms. The number of aromatic nitrogens is 2. The number of carbonyl (C=O) groups excluding carboxylic acids is 2. The van der Waals surface area contributed by atoms with Crippen molar-refractivity contribution in [2.24, 2.45) is 0 Å². The number of aromatic amines is 1. The Morgan fingerprint density at radius 2 is 2.08 bits per heavy atom. The highest BCUT2D eigenvalue weighted by Gasteiger charge is 2.27. The zero-order valence-corrected chi connectivity index (χ0v) is 15.7. The van der Waals surface area contributed by atoms with Crippen molar-refractivity contribution in [2.75, 3.05) is 0 Å². The first-order valence-electron chi connectivity index (χ1n) is 8.32. The molecular formula is C19H21N3O3S. The van der Waals surface area contributed by atoms with E-state index in [-0.39, 0.29) is 5.78 Å². The van der Waals surface area contributed by atoms with Gasteiger partial charge < -0.3 is 15.0 Å². The Morgan fingerprint density at radius 1 is 1.31 bits per heavy atom. The number of para-hydroxylation sites is 1. The first kappa shape index (κ1) is 18.1. The summed E-state index contributed by atoms with van der Waals surface area (Å²) >= 11 is 1.26. The molecule has 0 aliphatic heterocycles. The molecule has 0 bridgehead atoms. The van der Waals surface area contributed by atoms with Crippen LogP contribution in [-0.2, 0) is 11.2 Å². The molecule has 2 heterocycles. The third-order valence-corrected chi connectivity index (χ3v) is 4.54. The number of benzene rings is 1. The lowest BCUT2D eigenvalue weighted by Crippen LogP contribution is -2.44. The molecule has 3 aromatic rings. The number of rotatable bonds is 5. The minimum atomic E-state index is -0.754. The molecule has 1 amide bonds. The molecule has 136 valence electrons. The number of hydrogen-bond donors (Lipinski definition) is 2. The number of ketones is 1. The van der Waals surface area contributed by atoms with Gasteiger partial charge in [-0.05, 0) is 32.4 Å². The lowest BCUT2D eigenvalue weighted by atomic mass is 10.0. The number of nitrogens with one attached hydrogen (secondary N) is 2. The molecule has 0 fully saturated rings. The second-order valence-electron chi connectivity index (χ2n) is 6.96. The predicted octanol–water partition coefficient (Wildman–Crippen LogP) is 3.94. The van der Waals surface area contributed by atoms with Gasteiger partial charge in [0.2, 0.25) is 5.78 Å². The molecule has 0 unspecified atom stereocenters. The molecule has 0 radical (unpaired) electrons. The number of carbonyl (C=O) groups is 2. The average Bonchev–Trinajstić information content (AvgIpc) is 3.22. The van der Waals surface area contributed by atoms with Crippen LogP contribution < -0.4 is 5.32 Å². The Bertz CT molecular complexity index is 910. The van der Waals surface area contributed by atoms with Crippen molar-refractivity contribution in [3.05, 3.63) is 52.6 Å². The zero-order valence-electron chi connectivity index (χ0n) is 14.9.